The van der Waals surface area contributed by atoms with Crippen LogP contribution in [0.1, 0.15) is 28.2 Å². The Bertz CT molecular complexity index is 912. The molecule has 0 fully saturated rings. The standard InChI is InChI=1S/C20H22N4O2/c1-14-7-8-19(26-14)16-13-17(23-22-16)20(25)21-10-4-11-24-12-9-15-5-2-3-6-18(15)24/h2-3,5-8,13H,4,9-12H2,1H3,(H,21,25)(H,22,23). The zero-order valence-corrected chi connectivity index (χ0v) is 14.8. The highest BCUT2D eigenvalue weighted by molar-refractivity contribution is 5.93. The first-order valence-corrected chi connectivity index (χ1v) is 8.94. The molecule has 0 saturated heterocycles. The van der Waals surface area contributed by atoms with Gasteiger partial charge in [-0.3, -0.25) is 9.89 Å². The predicted molar refractivity (Wildman–Crippen MR) is 100 cm³/mol. The molecule has 1 amide bonds. The minimum Gasteiger partial charge on any atom is -0.460 e. The normalized spacial score (nSPS) is 13.0. The van der Waals surface area contributed by atoms with Crippen LogP contribution < -0.4 is 10.2 Å². The maximum Gasteiger partial charge on any atom is 0.271 e. The monoisotopic (exact) mass is 350 g/mol. The summed E-state index contributed by atoms with van der Waals surface area (Å²) in [5.74, 6) is 1.34. The van der Waals surface area contributed by atoms with Crippen LogP contribution in [-0.4, -0.2) is 35.7 Å². The average molecular weight is 350 g/mol. The van der Waals surface area contributed by atoms with Gasteiger partial charge in [0, 0.05) is 31.4 Å². The Morgan fingerprint density at radius 1 is 1.31 bits per heavy atom. The summed E-state index contributed by atoms with van der Waals surface area (Å²) in [7, 11) is 0. The highest BCUT2D eigenvalue weighted by atomic mass is 16.3. The van der Waals surface area contributed by atoms with Gasteiger partial charge in [0.25, 0.3) is 5.91 Å². The van der Waals surface area contributed by atoms with Crippen molar-refractivity contribution in [2.45, 2.75) is 19.8 Å². The zero-order valence-electron chi connectivity index (χ0n) is 14.8. The van der Waals surface area contributed by atoms with E-state index in [9.17, 15) is 4.79 Å². The van der Waals surface area contributed by atoms with Gasteiger partial charge >= 0.3 is 0 Å². The number of nitrogens with one attached hydrogen (secondary N) is 2. The Morgan fingerprint density at radius 2 is 2.19 bits per heavy atom. The largest absolute Gasteiger partial charge is 0.460 e. The van der Waals surface area contributed by atoms with Crippen LogP contribution in [0.4, 0.5) is 5.69 Å². The van der Waals surface area contributed by atoms with Crippen LogP contribution in [0.15, 0.2) is 46.9 Å². The molecule has 0 spiro atoms. The number of furan rings is 1. The molecule has 1 aliphatic rings. The fraction of sp³-hybridized carbons (Fsp3) is 0.300. The highest BCUT2D eigenvalue weighted by Crippen LogP contribution is 2.27. The smallest absolute Gasteiger partial charge is 0.271 e. The molecule has 0 unspecified atom stereocenters. The summed E-state index contributed by atoms with van der Waals surface area (Å²) in [6.07, 6.45) is 2.00. The van der Waals surface area contributed by atoms with Gasteiger partial charge in [0.05, 0.1) is 0 Å². The predicted octanol–water partition coefficient (Wildman–Crippen LogP) is 3.16. The molecule has 134 valence electrons. The summed E-state index contributed by atoms with van der Waals surface area (Å²) < 4.78 is 5.54. The lowest BCUT2D eigenvalue weighted by atomic mass is 10.2. The fourth-order valence-electron chi connectivity index (χ4n) is 3.34. The third kappa shape index (κ3) is 3.35. The Morgan fingerprint density at radius 3 is 3.04 bits per heavy atom. The van der Waals surface area contributed by atoms with Crippen LogP contribution in [0.25, 0.3) is 11.5 Å². The van der Waals surface area contributed by atoms with Crippen LogP contribution in [-0.2, 0) is 6.42 Å². The second-order valence-electron chi connectivity index (χ2n) is 6.55. The van der Waals surface area contributed by atoms with E-state index in [-0.39, 0.29) is 5.91 Å². The minimum absolute atomic E-state index is 0.169. The van der Waals surface area contributed by atoms with Crippen molar-refractivity contribution in [2.75, 3.05) is 24.5 Å². The van der Waals surface area contributed by atoms with Gasteiger partial charge in [-0.25, -0.2) is 0 Å². The second-order valence-corrected chi connectivity index (χ2v) is 6.55. The molecular weight excluding hydrogens is 328 g/mol. The fourth-order valence-corrected chi connectivity index (χ4v) is 3.34. The summed E-state index contributed by atoms with van der Waals surface area (Å²) in [6, 6.07) is 14.0. The number of aryl methyl sites for hydroxylation is 1. The lowest BCUT2D eigenvalue weighted by Gasteiger charge is -2.19. The SMILES string of the molecule is Cc1ccc(-c2cc(C(=O)NCCCN3CCc4ccccc43)n[nH]2)o1. The quantitative estimate of drug-likeness (QED) is 0.670. The van der Waals surface area contributed by atoms with Gasteiger partial charge in [-0.1, -0.05) is 18.2 Å². The molecule has 2 N–H and O–H groups in total. The summed E-state index contributed by atoms with van der Waals surface area (Å²) in [5.41, 5.74) is 3.82. The number of carbonyl (C=O) groups is 1. The van der Waals surface area contributed by atoms with Crippen molar-refractivity contribution >= 4 is 11.6 Å². The van der Waals surface area contributed by atoms with Crippen LogP contribution in [0, 0.1) is 6.92 Å². The molecule has 26 heavy (non-hydrogen) atoms. The number of carbonyl (C=O) groups excluding carboxylic acids is 1. The van der Waals surface area contributed by atoms with E-state index in [0.717, 1.165) is 31.7 Å². The molecule has 6 heteroatoms. The molecule has 3 aromatic rings. The van der Waals surface area contributed by atoms with Crippen molar-refractivity contribution < 1.29 is 9.21 Å². The number of hydrogen-bond donors (Lipinski definition) is 2. The molecule has 4 rings (SSSR count). The lowest BCUT2D eigenvalue weighted by molar-refractivity contribution is 0.0948. The van der Waals surface area contributed by atoms with Crippen LogP contribution in [0.2, 0.25) is 0 Å². The minimum atomic E-state index is -0.169. The number of nitrogens with zero attached hydrogens (tertiary/aromatic N) is 2. The molecular formula is C20H22N4O2. The highest BCUT2D eigenvalue weighted by Gasteiger charge is 2.18. The topological polar surface area (TPSA) is 74.2 Å². The number of hydrogen-bond acceptors (Lipinski definition) is 4. The van der Waals surface area contributed by atoms with Gasteiger partial charge in [0.1, 0.15) is 11.5 Å². The average Bonchev–Trinajstić information content (AvgIpc) is 3.38. The molecule has 0 bridgehead atoms. The molecule has 0 saturated carbocycles. The van der Waals surface area contributed by atoms with E-state index in [1.54, 1.807) is 6.07 Å². The van der Waals surface area contributed by atoms with Crippen LogP contribution in [0.3, 0.4) is 0 Å². The van der Waals surface area contributed by atoms with E-state index in [4.69, 9.17) is 4.42 Å². The summed E-state index contributed by atoms with van der Waals surface area (Å²) in [5, 5.41) is 9.87. The van der Waals surface area contributed by atoms with Gasteiger partial charge in [0.2, 0.25) is 0 Å². The first kappa shape index (κ1) is 16.4. The molecule has 1 aromatic carbocycles. The van der Waals surface area contributed by atoms with Gasteiger partial charge in [-0.15, -0.1) is 0 Å². The van der Waals surface area contributed by atoms with E-state index in [0.29, 0.717) is 23.7 Å². The number of aromatic amines is 1. The molecule has 0 atom stereocenters. The Kier molecular flexibility index (Phi) is 4.48. The maximum absolute atomic E-state index is 12.3. The van der Waals surface area contributed by atoms with Crippen LogP contribution >= 0.6 is 0 Å². The molecule has 2 aromatic heterocycles. The number of amides is 1. The molecule has 0 aliphatic carbocycles. The molecule has 0 radical (unpaired) electrons. The number of rotatable bonds is 6. The van der Waals surface area contributed by atoms with E-state index in [1.807, 2.05) is 19.1 Å². The van der Waals surface area contributed by atoms with Crippen molar-refractivity contribution in [3.05, 3.63) is 59.5 Å². The lowest BCUT2D eigenvalue weighted by Crippen LogP contribution is -2.29. The zero-order chi connectivity index (χ0) is 17.9. The number of para-hydroxylation sites is 1. The number of anilines is 1. The van der Waals surface area contributed by atoms with Gasteiger partial charge in [-0.2, -0.15) is 5.10 Å². The van der Waals surface area contributed by atoms with Crippen molar-refractivity contribution in [3.8, 4) is 11.5 Å². The van der Waals surface area contributed by atoms with Gasteiger partial charge < -0.3 is 14.6 Å². The maximum atomic E-state index is 12.3. The number of H-pyrrole nitrogens is 1. The first-order chi connectivity index (χ1) is 12.7. The number of benzene rings is 1. The van der Waals surface area contributed by atoms with E-state index in [1.165, 1.54) is 11.3 Å². The number of fused-ring (bicyclic) bond motifs is 1. The Hall–Kier alpha value is -3.02. The van der Waals surface area contributed by atoms with Crippen molar-refractivity contribution in [2.24, 2.45) is 0 Å². The Labute approximate surface area is 152 Å². The van der Waals surface area contributed by atoms with Crippen molar-refractivity contribution in [1.29, 1.82) is 0 Å². The van der Waals surface area contributed by atoms with E-state index < -0.39 is 0 Å². The second kappa shape index (κ2) is 7.07. The molecule has 1 aliphatic heterocycles. The third-order valence-corrected chi connectivity index (χ3v) is 4.69. The number of aromatic nitrogens is 2. The molecule has 3 heterocycles. The van der Waals surface area contributed by atoms with Crippen molar-refractivity contribution in [1.82, 2.24) is 15.5 Å². The van der Waals surface area contributed by atoms with Crippen molar-refractivity contribution in [3.63, 3.8) is 0 Å². The Balaban J connectivity index is 1.27. The molecule has 6 nitrogen and oxygen atoms in total. The van der Waals surface area contributed by atoms with E-state index >= 15 is 0 Å². The van der Waals surface area contributed by atoms with Gasteiger partial charge in [0.15, 0.2) is 11.5 Å². The summed E-state index contributed by atoms with van der Waals surface area (Å²) >= 11 is 0. The first-order valence-electron chi connectivity index (χ1n) is 8.94. The summed E-state index contributed by atoms with van der Waals surface area (Å²) in [6.45, 7) is 4.50. The third-order valence-electron chi connectivity index (χ3n) is 4.69. The summed E-state index contributed by atoms with van der Waals surface area (Å²) in [4.78, 5) is 14.6. The van der Waals surface area contributed by atoms with E-state index in [2.05, 4.69) is 44.7 Å². The van der Waals surface area contributed by atoms with Gasteiger partial charge in [-0.05, 0) is 43.5 Å². The van der Waals surface area contributed by atoms with Crippen LogP contribution in [0.5, 0.6) is 0 Å².